The molecular weight excluding hydrogens is 488 g/mol. The number of benzene rings is 2. The van der Waals surface area contributed by atoms with Gasteiger partial charge in [-0.3, -0.25) is 9.59 Å². The van der Waals surface area contributed by atoms with Crippen molar-refractivity contribution in [1.29, 1.82) is 0 Å². The molecule has 2 aliphatic heterocycles. The van der Waals surface area contributed by atoms with E-state index in [0.29, 0.717) is 17.9 Å². The molecule has 4 aromatic rings. The maximum atomic E-state index is 13.2. The number of H-pyrrole nitrogens is 2. The maximum Gasteiger partial charge on any atom is 0.261 e. The summed E-state index contributed by atoms with van der Waals surface area (Å²) in [6, 6.07) is 12.2. The van der Waals surface area contributed by atoms with E-state index >= 15 is 0 Å². The van der Waals surface area contributed by atoms with Crippen LogP contribution in [0.2, 0.25) is 0 Å². The lowest BCUT2D eigenvalue weighted by Gasteiger charge is -2.20. The van der Waals surface area contributed by atoms with Crippen LogP contribution in [0.3, 0.4) is 0 Å². The van der Waals surface area contributed by atoms with E-state index in [-0.39, 0.29) is 17.5 Å². The van der Waals surface area contributed by atoms with Gasteiger partial charge in [-0.1, -0.05) is 18.2 Å². The summed E-state index contributed by atoms with van der Waals surface area (Å²) in [5.74, 6) is 0.568. The molecule has 4 heterocycles. The summed E-state index contributed by atoms with van der Waals surface area (Å²) in [6.45, 7) is 10.9. The zero-order valence-corrected chi connectivity index (χ0v) is 22.9. The standard InChI is InChI=1S/C31H36N6O2/c1-19-7-6-8-20(2)23(19)15-21(3)33-25-9-10-32-30(38)28(25)29-34-26-16-22-18-37(14-13-36-11-4-5-12-36)31(39)24(22)17-27(26)35-29/h6-10,16-17,21H,4-5,11-15,18H2,1-3H3,(H,34,35)(H2,32,33,38)/t21-/m0/s1. The third-order valence-electron chi connectivity index (χ3n) is 8.22. The zero-order chi connectivity index (χ0) is 27.1. The van der Waals surface area contributed by atoms with E-state index in [1.165, 1.54) is 29.5 Å². The molecule has 2 aromatic heterocycles. The van der Waals surface area contributed by atoms with Gasteiger partial charge in [0.2, 0.25) is 0 Å². The van der Waals surface area contributed by atoms with Crippen LogP contribution in [-0.4, -0.2) is 62.9 Å². The number of pyridine rings is 1. The Morgan fingerprint density at radius 1 is 1.05 bits per heavy atom. The van der Waals surface area contributed by atoms with Crippen molar-refractivity contribution in [2.24, 2.45) is 0 Å². The molecule has 8 nitrogen and oxygen atoms in total. The van der Waals surface area contributed by atoms with Crippen LogP contribution in [0.5, 0.6) is 0 Å². The van der Waals surface area contributed by atoms with Crippen LogP contribution >= 0.6 is 0 Å². The number of likely N-dealkylation sites (tertiary alicyclic amines) is 1. The molecule has 1 saturated heterocycles. The van der Waals surface area contributed by atoms with Crippen LogP contribution < -0.4 is 10.9 Å². The average Bonchev–Trinajstić information content (AvgIpc) is 3.63. The Labute approximate surface area is 228 Å². The van der Waals surface area contributed by atoms with E-state index in [9.17, 15) is 9.59 Å². The van der Waals surface area contributed by atoms with E-state index in [0.717, 1.165) is 60.4 Å². The lowest BCUT2D eigenvalue weighted by atomic mass is 9.97. The number of carbonyl (C=O) groups is 1. The summed E-state index contributed by atoms with van der Waals surface area (Å²) in [5.41, 5.74) is 8.09. The number of fused-ring (bicyclic) bond motifs is 2. The molecule has 0 spiro atoms. The van der Waals surface area contributed by atoms with Crippen LogP contribution in [0, 0.1) is 13.8 Å². The molecule has 1 atom stereocenters. The first kappa shape index (κ1) is 25.4. The second-order valence-corrected chi connectivity index (χ2v) is 11.1. The van der Waals surface area contributed by atoms with E-state index < -0.39 is 0 Å². The fourth-order valence-electron chi connectivity index (χ4n) is 6.07. The molecule has 1 amide bonds. The predicted molar refractivity (Wildman–Crippen MR) is 155 cm³/mol. The van der Waals surface area contributed by atoms with Crippen LogP contribution in [0.15, 0.2) is 47.4 Å². The van der Waals surface area contributed by atoms with Gasteiger partial charge >= 0.3 is 0 Å². The number of imidazole rings is 1. The van der Waals surface area contributed by atoms with E-state index in [1.54, 1.807) is 6.20 Å². The van der Waals surface area contributed by atoms with Crippen molar-refractivity contribution in [3.8, 4) is 11.4 Å². The van der Waals surface area contributed by atoms with Crippen molar-refractivity contribution in [2.45, 2.75) is 52.6 Å². The highest BCUT2D eigenvalue weighted by Gasteiger charge is 2.29. The molecule has 0 bridgehead atoms. The number of hydrogen-bond acceptors (Lipinski definition) is 5. The molecule has 0 aliphatic carbocycles. The summed E-state index contributed by atoms with van der Waals surface area (Å²) >= 11 is 0. The minimum absolute atomic E-state index is 0.0717. The number of aryl methyl sites for hydroxylation is 2. The topological polar surface area (TPSA) is 97.1 Å². The average molecular weight is 525 g/mol. The van der Waals surface area contributed by atoms with Crippen molar-refractivity contribution in [2.75, 3.05) is 31.5 Å². The molecule has 2 aliphatic rings. The van der Waals surface area contributed by atoms with E-state index in [4.69, 9.17) is 4.98 Å². The van der Waals surface area contributed by atoms with E-state index in [1.807, 2.05) is 23.1 Å². The van der Waals surface area contributed by atoms with Crippen LogP contribution in [0.1, 0.15) is 52.4 Å². The Kier molecular flexibility index (Phi) is 6.73. The predicted octanol–water partition coefficient (Wildman–Crippen LogP) is 4.63. The normalized spacial score (nSPS) is 16.3. The van der Waals surface area contributed by atoms with Crippen molar-refractivity contribution in [3.05, 3.63) is 80.8 Å². The molecule has 0 unspecified atom stereocenters. The number of nitrogens with zero attached hydrogens (tertiary/aromatic N) is 3. The summed E-state index contributed by atoms with van der Waals surface area (Å²) in [4.78, 5) is 41.5. The molecule has 6 rings (SSSR count). The third kappa shape index (κ3) is 4.96. The first-order valence-corrected chi connectivity index (χ1v) is 14.0. The number of anilines is 1. The SMILES string of the molecule is Cc1cccc(C)c1C[C@H](C)Nc1cc[nH]c(=O)c1-c1nc2cc3c(cc2[nH]1)C(=O)N(CCN1CCCC1)C3. The molecule has 2 aromatic carbocycles. The number of amides is 1. The number of aromatic amines is 2. The number of rotatable bonds is 8. The van der Waals surface area contributed by atoms with Gasteiger partial charge in [0.15, 0.2) is 0 Å². The molecule has 39 heavy (non-hydrogen) atoms. The Morgan fingerprint density at radius 3 is 2.59 bits per heavy atom. The van der Waals surface area contributed by atoms with Crippen molar-refractivity contribution < 1.29 is 4.79 Å². The van der Waals surface area contributed by atoms with E-state index in [2.05, 4.69) is 59.2 Å². The van der Waals surface area contributed by atoms with Gasteiger partial charge in [0.1, 0.15) is 11.4 Å². The quantitative estimate of drug-likeness (QED) is 0.312. The first-order chi connectivity index (χ1) is 18.9. The summed E-state index contributed by atoms with van der Waals surface area (Å²) in [7, 11) is 0. The molecule has 202 valence electrons. The second kappa shape index (κ2) is 10.3. The first-order valence-electron chi connectivity index (χ1n) is 14.0. The van der Waals surface area contributed by atoms with Gasteiger partial charge in [0.25, 0.3) is 11.5 Å². The van der Waals surface area contributed by atoms with Gasteiger partial charge in [-0.15, -0.1) is 0 Å². The van der Waals surface area contributed by atoms with Gasteiger partial charge in [-0.05, 0) is 93.6 Å². The monoisotopic (exact) mass is 524 g/mol. The maximum absolute atomic E-state index is 13.2. The molecule has 0 radical (unpaired) electrons. The second-order valence-electron chi connectivity index (χ2n) is 11.1. The van der Waals surface area contributed by atoms with Crippen LogP contribution in [-0.2, 0) is 13.0 Å². The largest absolute Gasteiger partial charge is 0.381 e. The Morgan fingerprint density at radius 2 is 1.82 bits per heavy atom. The highest BCUT2D eigenvalue weighted by atomic mass is 16.2. The number of hydrogen-bond donors (Lipinski definition) is 3. The fraction of sp³-hybridized carbons (Fsp3) is 0.387. The number of carbonyl (C=O) groups excluding carboxylic acids is 1. The third-order valence-corrected chi connectivity index (χ3v) is 8.22. The smallest absolute Gasteiger partial charge is 0.261 e. The molecule has 0 saturated carbocycles. The van der Waals surface area contributed by atoms with Crippen LogP contribution in [0.4, 0.5) is 5.69 Å². The Balaban J connectivity index is 1.24. The molecule has 3 N–H and O–H groups in total. The zero-order valence-electron chi connectivity index (χ0n) is 22.9. The minimum atomic E-state index is -0.213. The molecule has 1 fully saturated rings. The minimum Gasteiger partial charge on any atom is -0.381 e. The number of aromatic nitrogens is 3. The van der Waals surface area contributed by atoms with Crippen molar-refractivity contribution >= 4 is 22.6 Å². The van der Waals surface area contributed by atoms with Crippen LogP contribution in [0.25, 0.3) is 22.4 Å². The number of nitrogens with one attached hydrogen (secondary N) is 3. The highest BCUT2D eigenvalue weighted by molar-refractivity contribution is 6.02. The van der Waals surface area contributed by atoms with Gasteiger partial charge in [-0.2, -0.15) is 0 Å². The highest BCUT2D eigenvalue weighted by Crippen LogP contribution is 2.30. The summed E-state index contributed by atoms with van der Waals surface area (Å²) in [5, 5.41) is 3.55. The molecule has 8 heteroatoms. The lowest BCUT2D eigenvalue weighted by molar-refractivity contribution is 0.0763. The van der Waals surface area contributed by atoms with Gasteiger partial charge in [0.05, 0.1) is 16.7 Å². The summed E-state index contributed by atoms with van der Waals surface area (Å²) in [6.07, 6.45) is 5.00. The molecular formula is C31H36N6O2. The lowest BCUT2D eigenvalue weighted by Crippen LogP contribution is -2.33. The van der Waals surface area contributed by atoms with Gasteiger partial charge < -0.3 is 25.1 Å². The fourth-order valence-corrected chi connectivity index (χ4v) is 6.07. The van der Waals surface area contributed by atoms with Crippen molar-refractivity contribution in [3.63, 3.8) is 0 Å². The summed E-state index contributed by atoms with van der Waals surface area (Å²) < 4.78 is 0. The van der Waals surface area contributed by atoms with Gasteiger partial charge in [-0.25, -0.2) is 4.98 Å². The Bertz CT molecular complexity index is 1580. The Hall–Kier alpha value is -3.91. The van der Waals surface area contributed by atoms with Gasteiger partial charge in [0, 0.05) is 37.4 Å². The van der Waals surface area contributed by atoms with Crippen molar-refractivity contribution in [1.82, 2.24) is 24.8 Å².